The lowest BCUT2D eigenvalue weighted by Gasteiger charge is -2.26. The number of hydrogen-bond acceptors (Lipinski definition) is 2. The van der Waals surface area contributed by atoms with Crippen molar-refractivity contribution in [2.45, 2.75) is 24.1 Å². The van der Waals surface area contributed by atoms with Crippen LogP contribution >= 0.6 is 23.2 Å². The lowest BCUT2D eigenvalue weighted by atomic mass is 9.84. The van der Waals surface area contributed by atoms with Crippen LogP contribution in [0.2, 0.25) is 0 Å². The molecule has 0 amide bonds. The molecular weight excluding hydrogens is 331 g/mol. The van der Waals surface area contributed by atoms with Gasteiger partial charge in [-0.3, -0.25) is 9.59 Å². The first kappa shape index (κ1) is 17.7. The van der Waals surface area contributed by atoms with Crippen molar-refractivity contribution in [1.29, 1.82) is 0 Å². The molecule has 0 radical (unpaired) electrons. The van der Waals surface area contributed by atoms with E-state index >= 15 is 0 Å². The summed E-state index contributed by atoms with van der Waals surface area (Å²) in [4.78, 5) is 23.7. The number of rotatable bonds is 8. The number of Topliss-reactive ketones (excluding diaryl/α,β-unsaturated/α-hetero) is 2. The summed E-state index contributed by atoms with van der Waals surface area (Å²) in [6.07, 6.45) is 1.46. The summed E-state index contributed by atoms with van der Waals surface area (Å²) in [5, 5.41) is 0. The summed E-state index contributed by atoms with van der Waals surface area (Å²) in [5.74, 6) is -0.575. The fourth-order valence-corrected chi connectivity index (χ4v) is 3.00. The van der Waals surface area contributed by atoms with E-state index in [9.17, 15) is 9.59 Å². The van der Waals surface area contributed by atoms with Crippen molar-refractivity contribution in [2.24, 2.45) is 0 Å². The molecule has 0 aliphatic heterocycles. The van der Waals surface area contributed by atoms with Crippen LogP contribution in [0.4, 0.5) is 0 Å². The average molecular weight is 349 g/mol. The highest BCUT2D eigenvalue weighted by Crippen LogP contribution is 2.38. The van der Waals surface area contributed by atoms with Gasteiger partial charge in [-0.1, -0.05) is 72.3 Å². The molecule has 0 heterocycles. The van der Waals surface area contributed by atoms with Crippen LogP contribution in [0, 0.1) is 0 Å². The predicted octanol–water partition coefficient (Wildman–Crippen LogP) is 4.72. The van der Waals surface area contributed by atoms with E-state index in [4.69, 9.17) is 23.2 Å². The van der Waals surface area contributed by atoms with E-state index in [0.29, 0.717) is 29.8 Å². The first-order valence-electron chi connectivity index (χ1n) is 7.54. The number of ketones is 2. The Labute approximate surface area is 146 Å². The van der Waals surface area contributed by atoms with Crippen molar-refractivity contribution in [3.63, 3.8) is 0 Å². The van der Waals surface area contributed by atoms with Gasteiger partial charge in [-0.2, -0.15) is 0 Å². The Kier molecular flexibility index (Phi) is 6.37. The average Bonchev–Trinajstić information content (AvgIpc) is 2.62. The highest BCUT2D eigenvalue weighted by Gasteiger charge is 2.42. The third-order valence-electron chi connectivity index (χ3n) is 3.70. The Balaban J connectivity index is 2.39. The molecule has 2 aromatic rings. The van der Waals surface area contributed by atoms with Gasteiger partial charge in [-0.05, 0) is 24.0 Å². The molecule has 0 atom stereocenters. The molecule has 120 valence electrons. The molecule has 2 aromatic carbocycles. The Morgan fingerprint density at radius 1 is 0.826 bits per heavy atom. The van der Waals surface area contributed by atoms with Gasteiger partial charge >= 0.3 is 0 Å². The molecule has 0 aliphatic rings. The van der Waals surface area contributed by atoms with Gasteiger partial charge < -0.3 is 0 Å². The van der Waals surface area contributed by atoms with Gasteiger partial charge in [-0.25, -0.2) is 0 Å². The van der Waals surface area contributed by atoms with Crippen LogP contribution in [0.15, 0.2) is 60.7 Å². The Morgan fingerprint density at radius 3 is 1.74 bits per heavy atom. The van der Waals surface area contributed by atoms with Crippen LogP contribution in [-0.2, 0) is 14.5 Å². The molecule has 23 heavy (non-hydrogen) atoms. The van der Waals surface area contributed by atoms with Crippen LogP contribution < -0.4 is 0 Å². The fourth-order valence-electron chi connectivity index (χ4n) is 2.45. The molecule has 0 unspecified atom stereocenters. The van der Waals surface area contributed by atoms with Crippen LogP contribution in [0.5, 0.6) is 0 Å². The summed E-state index contributed by atoms with van der Waals surface area (Å²) in [7, 11) is 0. The molecule has 4 heteroatoms. The first-order chi connectivity index (χ1) is 11.1. The maximum absolute atomic E-state index is 12.8. The molecule has 0 aromatic heterocycles. The second kappa shape index (κ2) is 8.28. The molecular formula is C19H18Cl2O2. The molecule has 0 aliphatic carbocycles. The smallest absolute Gasteiger partial charge is 0.228 e. The van der Waals surface area contributed by atoms with Crippen molar-refractivity contribution >= 4 is 34.8 Å². The molecule has 0 saturated heterocycles. The number of alkyl halides is 2. The molecule has 2 nitrogen and oxygen atoms in total. The zero-order valence-electron chi connectivity index (χ0n) is 12.7. The van der Waals surface area contributed by atoms with Crippen LogP contribution in [0.1, 0.15) is 30.4 Å². The number of benzene rings is 2. The minimum absolute atomic E-state index is 0.166. The largest absolute Gasteiger partial charge is 0.291 e. The summed E-state index contributed by atoms with van der Waals surface area (Å²) in [5.41, 5.74) is 1.20. The summed E-state index contributed by atoms with van der Waals surface area (Å²) in [6.45, 7) is 0. The number of halogens is 2. The quantitative estimate of drug-likeness (QED) is 0.393. The molecule has 0 N–H and O–H groups in total. The normalized spacial score (nSPS) is 11.2. The van der Waals surface area contributed by atoms with E-state index in [1.165, 1.54) is 0 Å². The molecule has 0 bridgehead atoms. The van der Waals surface area contributed by atoms with E-state index in [1.807, 2.05) is 12.1 Å². The Hall–Kier alpha value is -1.64. The van der Waals surface area contributed by atoms with E-state index < -0.39 is 16.4 Å². The van der Waals surface area contributed by atoms with Gasteiger partial charge in [0.1, 0.15) is 0 Å². The van der Waals surface area contributed by atoms with E-state index in [-0.39, 0.29) is 6.42 Å². The van der Waals surface area contributed by atoms with Crippen LogP contribution in [-0.4, -0.2) is 17.4 Å². The van der Waals surface area contributed by atoms with Crippen LogP contribution in [0.3, 0.4) is 0 Å². The second-order valence-electron chi connectivity index (χ2n) is 5.29. The van der Waals surface area contributed by atoms with Crippen molar-refractivity contribution < 1.29 is 9.59 Å². The topological polar surface area (TPSA) is 34.1 Å². The number of unbranched alkanes of at least 4 members (excludes halogenated alkanes) is 1. The molecule has 2 rings (SSSR count). The zero-order valence-corrected chi connectivity index (χ0v) is 14.2. The van der Waals surface area contributed by atoms with Crippen molar-refractivity contribution in [1.82, 2.24) is 0 Å². The third-order valence-corrected chi connectivity index (χ3v) is 4.57. The minimum atomic E-state index is -1.49. The van der Waals surface area contributed by atoms with Crippen LogP contribution in [0.25, 0.3) is 0 Å². The number of carbonyl (C=O) groups is 2. The third kappa shape index (κ3) is 4.01. The summed E-state index contributed by atoms with van der Waals surface area (Å²) < 4.78 is 0. The molecule has 0 fully saturated rings. The lowest BCUT2D eigenvalue weighted by Crippen LogP contribution is -2.36. The Morgan fingerprint density at radius 2 is 1.30 bits per heavy atom. The molecule has 0 saturated carbocycles. The van der Waals surface area contributed by atoms with Crippen molar-refractivity contribution in [3.05, 3.63) is 71.8 Å². The highest BCUT2D eigenvalue weighted by molar-refractivity contribution is 6.53. The minimum Gasteiger partial charge on any atom is -0.291 e. The summed E-state index contributed by atoms with van der Waals surface area (Å²) >= 11 is 12.4. The predicted molar refractivity (Wildman–Crippen MR) is 94.1 cm³/mol. The number of hydrogen-bond donors (Lipinski definition) is 0. The van der Waals surface area contributed by atoms with E-state index in [2.05, 4.69) is 0 Å². The van der Waals surface area contributed by atoms with Gasteiger partial charge in [0.25, 0.3) is 0 Å². The SMILES string of the molecule is O=C(CCCCCl)C(=O)C(Cl)(c1ccccc1)c1ccccc1. The van der Waals surface area contributed by atoms with Crippen molar-refractivity contribution in [3.8, 4) is 0 Å². The van der Waals surface area contributed by atoms with Gasteiger partial charge in [0.15, 0.2) is 4.87 Å². The lowest BCUT2D eigenvalue weighted by molar-refractivity contribution is -0.137. The number of carbonyl (C=O) groups excluding carboxylic acids is 2. The van der Waals surface area contributed by atoms with Crippen molar-refractivity contribution in [2.75, 3.05) is 5.88 Å². The second-order valence-corrected chi connectivity index (χ2v) is 6.23. The standard InChI is InChI=1S/C19H18Cl2O2/c20-14-8-7-13-17(22)18(23)19(21,15-9-3-1-4-10-15)16-11-5-2-6-12-16/h1-6,9-12H,7-8,13-14H2. The first-order valence-corrected chi connectivity index (χ1v) is 8.45. The monoisotopic (exact) mass is 348 g/mol. The summed E-state index contributed by atoms with van der Waals surface area (Å²) in [6, 6.07) is 18.0. The van der Waals surface area contributed by atoms with Gasteiger partial charge in [0, 0.05) is 12.3 Å². The zero-order chi connectivity index (χ0) is 16.7. The Bertz CT molecular complexity index is 614. The van der Waals surface area contributed by atoms with Gasteiger partial charge in [0.05, 0.1) is 0 Å². The highest BCUT2D eigenvalue weighted by atomic mass is 35.5. The van der Waals surface area contributed by atoms with Gasteiger partial charge in [0.2, 0.25) is 11.6 Å². The fraction of sp³-hybridized carbons (Fsp3) is 0.263. The maximum atomic E-state index is 12.8. The molecule has 0 spiro atoms. The maximum Gasteiger partial charge on any atom is 0.228 e. The van der Waals surface area contributed by atoms with E-state index in [1.54, 1.807) is 48.5 Å². The van der Waals surface area contributed by atoms with Gasteiger partial charge in [-0.15, -0.1) is 11.6 Å². The van der Waals surface area contributed by atoms with E-state index in [0.717, 1.165) is 0 Å².